The van der Waals surface area contributed by atoms with Crippen molar-refractivity contribution >= 4 is 12.0 Å². The zero-order chi connectivity index (χ0) is 13.9. The lowest BCUT2D eigenvalue weighted by Crippen LogP contribution is -2.48. The van der Waals surface area contributed by atoms with Crippen LogP contribution < -0.4 is 5.32 Å². The second-order valence-corrected chi connectivity index (χ2v) is 5.57. The maximum Gasteiger partial charge on any atom is 0.317 e. The van der Waals surface area contributed by atoms with Crippen LogP contribution in [0, 0.1) is 5.92 Å². The summed E-state index contributed by atoms with van der Waals surface area (Å²) in [6.07, 6.45) is 0.582. The predicted octanol–water partition coefficient (Wildman–Crippen LogP) is 0.652. The summed E-state index contributed by atoms with van der Waals surface area (Å²) >= 11 is 0. The molecule has 2 amide bonds. The largest absolute Gasteiger partial charge is 0.481 e. The number of aliphatic hydroxyl groups is 1. The molecule has 1 aliphatic rings. The molecule has 1 saturated heterocycles. The third-order valence-electron chi connectivity index (χ3n) is 3.20. The van der Waals surface area contributed by atoms with Gasteiger partial charge < -0.3 is 20.4 Å². The number of hydrogen-bond donors (Lipinski definition) is 3. The van der Waals surface area contributed by atoms with Gasteiger partial charge in [-0.3, -0.25) is 4.79 Å². The van der Waals surface area contributed by atoms with Gasteiger partial charge in [-0.25, -0.2) is 4.79 Å². The van der Waals surface area contributed by atoms with Gasteiger partial charge in [0.2, 0.25) is 0 Å². The Kier molecular flexibility index (Phi) is 4.56. The van der Waals surface area contributed by atoms with E-state index in [1.165, 1.54) is 6.92 Å². The lowest BCUT2D eigenvalue weighted by atomic mass is 10.0. The summed E-state index contributed by atoms with van der Waals surface area (Å²) in [6, 6.07) is -0.0538. The van der Waals surface area contributed by atoms with E-state index >= 15 is 0 Å². The van der Waals surface area contributed by atoms with Crippen molar-refractivity contribution in [2.45, 2.75) is 45.3 Å². The molecule has 3 N–H and O–H groups in total. The van der Waals surface area contributed by atoms with Crippen LogP contribution in [0.1, 0.15) is 33.6 Å². The molecule has 0 radical (unpaired) electrons. The Morgan fingerprint density at radius 2 is 2.06 bits per heavy atom. The van der Waals surface area contributed by atoms with Crippen molar-refractivity contribution in [1.29, 1.82) is 0 Å². The van der Waals surface area contributed by atoms with Gasteiger partial charge in [-0.15, -0.1) is 0 Å². The first-order chi connectivity index (χ1) is 8.21. The second-order valence-electron chi connectivity index (χ2n) is 5.57. The summed E-state index contributed by atoms with van der Waals surface area (Å²) in [5.41, 5.74) is -1.42. The van der Waals surface area contributed by atoms with Crippen LogP contribution in [0.15, 0.2) is 0 Å². The molecule has 0 aromatic heterocycles. The number of aliphatic carboxylic acids is 1. The van der Waals surface area contributed by atoms with E-state index in [-0.39, 0.29) is 25.0 Å². The molecule has 3 unspecified atom stereocenters. The van der Waals surface area contributed by atoms with E-state index in [0.29, 0.717) is 12.5 Å². The van der Waals surface area contributed by atoms with Crippen LogP contribution >= 0.6 is 0 Å². The van der Waals surface area contributed by atoms with Crippen molar-refractivity contribution in [3.8, 4) is 0 Å². The lowest BCUT2D eigenvalue weighted by Gasteiger charge is -2.26. The van der Waals surface area contributed by atoms with Gasteiger partial charge in [0.25, 0.3) is 0 Å². The molecular formula is C12H22N2O4. The Morgan fingerprint density at radius 1 is 1.44 bits per heavy atom. The highest BCUT2D eigenvalue weighted by molar-refractivity contribution is 5.75. The molecule has 104 valence electrons. The molecule has 3 atom stereocenters. The van der Waals surface area contributed by atoms with Crippen molar-refractivity contribution in [3.05, 3.63) is 0 Å². The van der Waals surface area contributed by atoms with Gasteiger partial charge in [0.05, 0.1) is 12.0 Å². The van der Waals surface area contributed by atoms with E-state index in [9.17, 15) is 14.7 Å². The summed E-state index contributed by atoms with van der Waals surface area (Å²) in [7, 11) is 0. The van der Waals surface area contributed by atoms with Crippen molar-refractivity contribution in [1.82, 2.24) is 10.2 Å². The molecule has 0 spiro atoms. The van der Waals surface area contributed by atoms with Crippen LogP contribution in [0.4, 0.5) is 4.79 Å². The third kappa shape index (κ3) is 4.18. The fourth-order valence-electron chi connectivity index (χ4n) is 2.34. The van der Waals surface area contributed by atoms with E-state index < -0.39 is 11.6 Å². The van der Waals surface area contributed by atoms with Crippen molar-refractivity contribution < 1.29 is 19.8 Å². The highest BCUT2D eigenvalue weighted by Gasteiger charge is 2.31. The van der Waals surface area contributed by atoms with Gasteiger partial charge >= 0.3 is 12.0 Å². The fourth-order valence-corrected chi connectivity index (χ4v) is 2.34. The van der Waals surface area contributed by atoms with Gasteiger partial charge in [-0.1, -0.05) is 6.92 Å². The molecule has 0 aliphatic carbocycles. The van der Waals surface area contributed by atoms with Gasteiger partial charge in [0, 0.05) is 19.1 Å². The van der Waals surface area contributed by atoms with Crippen LogP contribution in [0.3, 0.4) is 0 Å². The zero-order valence-electron chi connectivity index (χ0n) is 11.1. The molecule has 18 heavy (non-hydrogen) atoms. The normalized spacial score (nSPS) is 26.8. The smallest absolute Gasteiger partial charge is 0.317 e. The Labute approximate surface area is 107 Å². The van der Waals surface area contributed by atoms with Crippen molar-refractivity contribution in [2.75, 3.05) is 13.1 Å². The predicted molar refractivity (Wildman–Crippen MR) is 66.2 cm³/mol. The molecule has 1 rings (SSSR count). The first kappa shape index (κ1) is 14.8. The number of carboxylic acid groups (broad SMARTS) is 1. The van der Waals surface area contributed by atoms with E-state index in [1.54, 1.807) is 4.90 Å². The zero-order valence-corrected chi connectivity index (χ0v) is 11.1. The minimum absolute atomic E-state index is 0.0598. The lowest BCUT2D eigenvalue weighted by molar-refractivity contribution is -0.141. The Balaban J connectivity index is 2.44. The number of likely N-dealkylation sites (tertiary alicyclic amines) is 1. The number of nitrogens with one attached hydrogen (secondary N) is 1. The summed E-state index contributed by atoms with van der Waals surface area (Å²) in [4.78, 5) is 24.1. The number of urea groups is 1. The molecule has 0 aromatic carbocycles. The molecule has 1 heterocycles. The topological polar surface area (TPSA) is 89.9 Å². The average Bonchev–Trinajstić information content (AvgIpc) is 2.52. The molecule has 0 saturated carbocycles. The number of carboxylic acids is 1. The number of carbonyl (C=O) groups excluding carboxylic acids is 1. The Bertz CT molecular complexity index is 330. The highest BCUT2D eigenvalue weighted by Crippen LogP contribution is 2.22. The second kappa shape index (κ2) is 5.56. The van der Waals surface area contributed by atoms with Gasteiger partial charge in [-0.2, -0.15) is 0 Å². The molecule has 1 fully saturated rings. The van der Waals surface area contributed by atoms with Crippen LogP contribution in [-0.2, 0) is 4.79 Å². The Morgan fingerprint density at radius 3 is 2.50 bits per heavy atom. The number of nitrogens with zero attached hydrogens (tertiary/aromatic N) is 1. The number of rotatable bonds is 4. The first-order valence-electron chi connectivity index (χ1n) is 6.20. The fraction of sp³-hybridized carbons (Fsp3) is 0.833. The minimum Gasteiger partial charge on any atom is -0.481 e. The van der Waals surface area contributed by atoms with E-state index in [1.807, 2.05) is 6.92 Å². The summed E-state index contributed by atoms with van der Waals surface area (Å²) in [5, 5.41) is 21.0. The van der Waals surface area contributed by atoms with E-state index in [4.69, 9.17) is 5.11 Å². The van der Waals surface area contributed by atoms with Gasteiger partial charge in [0.1, 0.15) is 0 Å². The molecule has 6 heteroatoms. The summed E-state index contributed by atoms with van der Waals surface area (Å²) in [5.74, 6) is -0.609. The van der Waals surface area contributed by atoms with Gasteiger partial charge in [0.15, 0.2) is 0 Å². The monoisotopic (exact) mass is 258 g/mol. The minimum atomic E-state index is -1.42. The molecule has 1 aliphatic heterocycles. The average molecular weight is 258 g/mol. The molecule has 6 nitrogen and oxygen atoms in total. The SMILES string of the molecule is CC1CC(C)N(C(=O)NCC(C)(O)CC(=O)O)C1. The van der Waals surface area contributed by atoms with Crippen molar-refractivity contribution in [2.24, 2.45) is 5.92 Å². The van der Waals surface area contributed by atoms with Crippen LogP contribution in [0.25, 0.3) is 0 Å². The standard InChI is InChI=1S/C12H22N2O4/c1-8-4-9(2)14(6-8)11(17)13-7-12(3,18)5-10(15)16/h8-9,18H,4-7H2,1-3H3,(H,13,17)(H,15,16). The van der Waals surface area contributed by atoms with Crippen molar-refractivity contribution in [3.63, 3.8) is 0 Å². The number of hydrogen-bond acceptors (Lipinski definition) is 3. The summed E-state index contributed by atoms with van der Waals surface area (Å²) in [6.45, 7) is 6.12. The van der Waals surface area contributed by atoms with Crippen LogP contribution in [0.5, 0.6) is 0 Å². The van der Waals surface area contributed by atoms with Crippen LogP contribution in [-0.4, -0.2) is 51.8 Å². The number of amides is 2. The maximum absolute atomic E-state index is 11.9. The maximum atomic E-state index is 11.9. The van der Waals surface area contributed by atoms with Crippen LogP contribution in [0.2, 0.25) is 0 Å². The molecule has 0 bridgehead atoms. The quantitative estimate of drug-likeness (QED) is 0.690. The Hall–Kier alpha value is -1.30. The van der Waals surface area contributed by atoms with Gasteiger partial charge in [-0.05, 0) is 26.2 Å². The highest BCUT2D eigenvalue weighted by atomic mass is 16.4. The summed E-state index contributed by atoms with van der Waals surface area (Å²) < 4.78 is 0. The number of carbonyl (C=O) groups is 2. The molecule has 0 aromatic rings. The molecular weight excluding hydrogens is 236 g/mol. The van der Waals surface area contributed by atoms with E-state index in [2.05, 4.69) is 12.2 Å². The third-order valence-corrected chi connectivity index (χ3v) is 3.20. The first-order valence-corrected chi connectivity index (χ1v) is 6.20. The van der Waals surface area contributed by atoms with E-state index in [0.717, 1.165) is 6.42 Å².